The van der Waals surface area contributed by atoms with Crippen LogP contribution in [0.5, 0.6) is 0 Å². The second-order valence-electron chi connectivity index (χ2n) is 2.20. The van der Waals surface area contributed by atoms with Crippen molar-refractivity contribution in [3.05, 3.63) is 0 Å². The Hall–Kier alpha value is 0.0700. The third kappa shape index (κ3) is 2.89. The first-order valence-electron chi connectivity index (χ1n) is 3.32. The van der Waals surface area contributed by atoms with Gasteiger partial charge in [0.25, 0.3) is 0 Å². The van der Waals surface area contributed by atoms with Crippen molar-refractivity contribution in [1.29, 1.82) is 0 Å². The monoisotopic (exact) mass is 182 g/mol. The van der Waals surface area contributed by atoms with Crippen molar-refractivity contribution in [1.82, 2.24) is 0 Å². The second-order valence-corrected chi connectivity index (χ2v) is 3.71. The average molecular weight is 182 g/mol. The van der Waals surface area contributed by atoms with Crippen molar-refractivity contribution in [2.24, 2.45) is 0 Å². The summed E-state index contributed by atoms with van der Waals surface area (Å²) in [5, 5.41) is 0. The number of rotatable bonds is 3. The van der Waals surface area contributed by atoms with E-state index in [4.69, 9.17) is 9.63 Å². The first-order chi connectivity index (χ1) is 5.14. The largest absolute Gasteiger partial charge is 0.474 e. The zero-order valence-corrected chi connectivity index (χ0v) is 7.12. The van der Waals surface area contributed by atoms with Crippen molar-refractivity contribution in [2.45, 2.75) is 19.1 Å². The molecule has 1 heterocycles. The van der Waals surface area contributed by atoms with Crippen LogP contribution in [0.1, 0.15) is 12.8 Å². The van der Waals surface area contributed by atoms with Crippen molar-refractivity contribution < 1.29 is 23.2 Å². The number of phosphoric ester groups is 1. The topological polar surface area (TPSA) is 65.0 Å². The van der Waals surface area contributed by atoms with Crippen LogP contribution in [0.15, 0.2) is 0 Å². The molecule has 1 aliphatic heterocycles. The Kier molecular flexibility index (Phi) is 3.04. The van der Waals surface area contributed by atoms with Crippen molar-refractivity contribution in [3.8, 4) is 0 Å². The highest BCUT2D eigenvalue weighted by molar-refractivity contribution is 7.47. The van der Waals surface area contributed by atoms with E-state index in [1.165, 1.54) is 0 Å². The predicted molar refractivity (Wildman–Crippen MR) is 36.9 cm³/mol. The van der Waals surface area contributed by atoms with Gasteiger partial charge in [0.05, 0.1) is 0 Å². The molecule has 6 heteroatoms. The minimum Gasteiger partial charge on any atom is -0.352 e. The standard InChI is InChI=1S/C5H11O5P/c1-8-11(6,7)10-5-3-2-4-9-5/h5H,2-4H2,1H3,(H,6,7). The van der Waals surface area contributed by atoms with Crippen molar-refractivity contribution >= 4 is 7.82 Å². The molecular weight excluding hydrogens is 171 g/mol. The van der Waals surface area contributed by atoms with E-state index < -0.39 is 14.1 Å². The highest BCUT2D eigenvalue weighted by Crippen LogP contribution is 2.44. The molecule has 2 atom stereocenters. The molecule has 11 heavy (non-hydrogen) atoms. The fourth-order valence-electron chi connectivity index (χ4n) is 0.823. The highest BCUT2D eigenvalue weighted by atomic mass is 31.2. The Morgan fingerprint density at radius 1 is 1.73 bits per heavy atom. The fourth-order valence-corrected chi connectivity index (χ4v) is 1.37. The fraction of sp³-hybridized carbons (Fsp3) is 1.00. The minimum absolute atomic E-state index is 0.578. The van der Waals surface area contributed by atoms with Gasteiger partial charge in [0.15, 0.2) is 6.29 Å². The number of phosphoric acid groups is 1. The Balaban J connectivity index is 2.34. The van der Waals surface area contributed by atoms with Gasteiger partial charge in [-0.1, -0.05) is 0 Å². The van der Waals surface area contributed by atoms with Crippen LogP contribution in [0.3, 0.4) is 0 Å². The third-order valence-corrected chi connectivity index (χ3v) is 2.33. The molecule has 0 aliphatic carbocycles. The molecule has 0 aromatic heterocycles. The van der Waals surface area contributed by atoms with Crippen LogP contribution in [0.25, 0.3) is 0 Å². The smallest absolute Gasteiger partial charge is 0.352 e. The summed E-state index contributed by atoms with van der Waals surface area (Å²) in [5.41, 5.74) is 0. The Labute approximate surface area is 64.9 Å². The number of hydrogen-bond donors (Lipinski definition) is 1. The van der Waals surface area contributed by atoms with Crippen LogP contribution >= 0.6 is 7.82 Å². The first kappa shape index (κ1) is 9.16. The second kappa shape index (κ2) is 3.65. The molecule has 1 aliphatic rings. The normalized spacial score (nSPS) is 30.2. The Morgan fingerprint density at radius 3 is 2.91 bits per heavy atom. The summed E-state index contributed by atoms with van der Waals surface area (Å²) < 4.78 is 24.5. The van der Waals surface area contributed by atoms with Gasteiger partial charge in [-0.15, -0.1) is 0 Å². The van der Waals surface area contributed by atoms with Gasteiger partial charge in [0.2, 0.25) is 0 Å². The van der Waals surface area contributed by atoms with Crippen LogP contribution < -0.4 is 0 Å². The molecule has 1 saturated heterocycles. The van der Waals surface area contributed by atoms with Crippen LogP contribution in [0.4, 0.5) is 0 Å². The zero-order chi connectivity index (χ0) is 8.32. The molecule has 1 fully saturated rings. The Morgan fingerprint density at radius 2 is 2.45 bits per heavy atom. The van der Waals surface area contributed by atoms with Crippen LogP contribution in [-0.2, 0) is 18.3 Å². The lowest BCUT2D eigenvalue weighted by molar-refractivity contribution is -0.0569. The Bertz CT molecular complexity index is 164. The van der Waals surface area contributed by atoms with E-state index in [9.17, 15) is 4.57 Å². The molecule has 5 nitrogen and oxygen atoms in total. The third-order valence-electron chi connectivity index (χ3n) is 1.37. The highest BCUT2D eigenvalue weighted by Gasteiger charge is 2.27. The molecule has 0 radical (unpaired) electrons. The maximum Gasteiger partial charge on any atom is 0.474 e. The minimum atomic E-state index is -3.85. The molecule has 0 saturated carbocycles. The van der Waals surface area contributed by atoms with Gasteiger partial charge in [-0.25, -0.2) is 4.57 Å². The van der Waals surface area contributed by atoms with Gasteiger partial charge in [-0.2, -0.15) is 0 Å². The molecule has 0 amide bonds. The van der Waals surface area contributed by atoms with Crippen LogP contribution in [0.2, 0.25) is 0 Å². The van der Waals surface area contributed by atoms with Crippen LogP contribution in [-0.4, -0.2) is 24.9 Å². The zero-order valence-electron chi connectivity index (χ0n) is 6.23. The van der Waals surface area contributed by atoms with Gasteiger partial charge < -0.3 is 9.63 Å². The quantitative estimate of drug-likeness (QED) is 0.656. The van der Waals surface area contributed by atoms with E-state index in [1.807, 2.05) is 0 Å². The molecule has 66 valence electrons. The molecule has 0 aromatic rings. The average Bonchev–Trinajstić information content (AvgIpc) is 2.39. The van der Waals surface area contributed by atoms with Crippen molar-refractivity contribution in [3.63, 3.8) is 0 Å². The maximum atomic E-state index is 10.8. The van der Waals surface area contributed by atoms with E-state index in [0.717, 1.165) is 13.5 Å². The van der Waals surface area contributed by atoms with Crippen LogP contribution in [0, 0.1) is 0 Å². The van der Waals surface area contributed by atoms with Gasteiger partial charge in [-0.05, 0) is 6.42 Å². The SMILES string of the molecule is COP(=O)(O)OC1CCCO1. The molecule has 0 aromatic carbocycles. The summed E-state index contributed by atoms with van der Waals surface area (Å²) in [6, 6.07) is 0. The number of ether oxygens (including phenoxy) is 1. The first-order valence-corrected chi connectivity index (χ1v) is 4.82. The summed E-state index contributed by atoms with van der Waals surface area (Å²) in [7, 11) is -2.73. The lowest BCUT2D eigenvalue weighted by Gasteiger charge is -2.13. The van der Waals surface area contributed by atoms with E-state index in [-0.39, 0.29) is 0 Å². The molecule has 1 rings (SSSR count). The van der Waals surface area contributed by atoms with Crippen molar-refractivity contribution in [2.75, 3.05) is 13.7 Å². The molecular formula is C5H11O5P. The number of hydrogen-bond acceptors (Lipinski definition) is 4. The van der Waals surface area contributed by atoms with E-state index in [0.29, 0.717) is 13.0 Å². The van der Waals surface area contributed by atoms with E-state index in [2.05, 4.69) is 9.05 Å². The van der Waals surface area contributed by atoms with Gasteiger partial charge in [0, 0.05) is 20.1 Å². The predicted octanol–water partition coefficient (Wildman–Crippen LogP) is 0.886. The lowest BCUT2D eigenvalue weighted by atomic mass is 10.4. The molecule has 2 unspecified atom stereocenters. The summed E-state index contributed by atoms with van der Waals surface area (Å²) in [4.78, 5) is 8.81. The summed E-state index contributed by atoms with van der Waals surface area (Å²) in [6.45, 7) is 0.578. The summed E-state index contributed by atoms with van der Waals surface area (Å²) in [6.07, 6.45) is 0.924. The molecule has 1 N–H and O–H groups in total. The van der Waals surface area contributed by atoms with Gasteiger partial charge in [0.1, 0.15) is 0 Å². The molecule has 0 bridgehead atoms. The maximum absolute atomic E-state index is 10.8. The van der Waals surface area contributed by atoms with Gasteiger partial charge >= 0.3 is 7.82 Å². The van der Waals surface area contributed by atoms with Gasteiger partial charge in [-0.3, -0.25) is 9.05 Å². The van der Waals surface area contributed by atoms with E-state index >= 15 is 0 Å². The summed E-state index contributed by atoms with van der Waals surface area (Å²) in [5.74, 6) is 0. The summed E-state index contributed by atoms with van der Waals surface area (Å²) >= 11 is 0. The molecule has 0 spiro atoms. The lowest BCUT2D eigenvalue weighted by Crippen LogP contribution is -2.08. The van der Waals surface area contributed by atoms with E-state index in [1.54, 1.807) is 0 Å².